The number of imide groups is 1. The second kappa shape index (κ2) is 7.27. The van der Waals surface area contributed by atoms with Gasteiger partial charge in [0.1, 0.15) is 18.7 Å². The molecular weight excluding hydrogens is 358 g/mol. The van der Waals surface area contributed by atoms with Crippen LogP contribution in [0.2, 0.25) is 0 Å². The molecule has 28 heavy (non-hydrogen) atoms. The van der Waals surface area contributed by atoms with Crippen molar-refractivity contribution in [2.75, 3.05) is 6.54 Å². The van der Waals surface area contributed by atoms with Crippen LogP contribution in [-0.2, 0) is 20.9 Å². The molecule has 1 aromatic carbocycles. The van der Waals surface area contributed by atoms with Gasteiger partial charge in [-0.2, -0.15) is 5.26 Å². The van der Waals surface area contributed by atoms with Crippen LogP contribution >= 0.6 is 0 Å². The molecule has 3 rings (SSSR count). The molecule has 7 heteroatoms. The van der Waals surface area contributed by atoms with Crippen molar-refractivity contribution < 1.29 is 19.1 Å². The van der Waals surface area contributed by atoms with Crippen molar-refractivity contribution in [2.24, 2.45) is 11.3 Å². The number of ether oxygens (including phenoxy) is 1. The number of hydrogen-bond acceptors (Lipinski definition) is 5. The van der Waals surface area contributed by atoms with Crippen LogP contribution < -0.4 is 5.32 Å². The topological polar surface area (TPSA) is 99.5 Å². The van der Waals surface area contributed by atoms with Crippen molar-refractivity contribution in [3.63, 3.8) is 0 Å². The number of urea groups is 1. The minimum absolute atomic E-state index is 0.0206. The highest BCUT2D eigenvalue weighted by Crippen LogP contribution is 2.46. The van der Waals surface area contributed by atoms with Crippen LogP contribution in [0.4, 0.5) is 4.79 Å². The highest BCUT2D eigenvalue weighted by molar-refractivity contribution is 6.08. The van der Waals surface area contributed by atoms with Gasteiger partial charge in [-0.15, -0.1) is 0 Å². The van der Waals surface area contributed by atoms with E-state index < -0.39 is 24.1 Å². The van der Waals surface area contributed by atoms with E-state index in [0.717, 1.165) is 11.3 Å². The summed E-state index contributed by atoms with van der Waals surface area (Å²) >= 11 is 0. The van der Waals surface area contributed by atoms with Gasteiger partial charge in [-0.1, -0.05) is 32.9 Å². The highest BCUT2D eigenvalue weighted by atomic mass is 16.5. The molecule has 1 saturated carbocycles. The fourth-order valence-corrected chi connectivity index (χ4v) is 4.72. The Morgan fingerprint density at radius 2 is 2.11 bits per heavy atom. The zero-order chi connectivity index (χ0) is 20.5. The molecule has 0 radical (unpaired) electrons. The SMILES string of the molecule is C[C@H]1CC(C)(C)C[C@@]2(C1)NC(=O)N(CC(=O)OCc1cccc(C#N)c1)C2=O. The summed E-state index contributed by atoms with van der Waals surface area (Å²) in [5, 5.41) is 11.8. The van der Waals surface area contributed by atoms with Gasteiger partial charge in [-0.3, -0.25) is 14.5 Å². The molecule has 2 fully saturated rings. The van der Waals surface area contributed by atoms with Gasteiger partial charge < -0.3 is 10.1 Å². The third kappa shape index (κ3) is 4.01. The molecule has 0 unspecified atom stereocenters. The second-order valence-electron chi connectivity index (χ2n) is 8.73. The number of rotatable bonds is 4. The minimum atomic E-state index is -0.931. The van der Waals surface area contributed by atoms with Gasteiger partial charge in [0.25, 0.3) is 5.91 Å². The molecule has 7 nitrogen and oxygen atoms in total. The Bertz CT molecular complexity index is 857. The molecule has 1 aliphatic heterocycles. The smallest absolute Gasteiger partial charge is 0.326 e. The molecule has 0 bridgehead atoms. The fourth-order valence-electron chi connectivity index (χ4n) is 4.72. The maximum absolute atomic E-state index is 13.0. The van der Waals surface area contributed by atoms with Gasteiger partial charge in [0, 0.05) is 0 Å². The van der Waals surface area contributed by atoms with Gasteiger partial charge in [-0.25, -0.2) is 4.79 Å². The lowest BCUT2D eigenvalue weighted by atomic mass is 9.64. The molecule has 1 saturated heterocycles. The van der Waals surface area contributed by atoms with Crippen molar-refractivity contribution in [3.05, 3.63) is 35.4 Å². The molecule has 1 aliphatic carbocycles. The van der Waals surface area contributed by atoms with E-state index in [2.05, 4.69) is 26.1 Å². The normalized spacial score (nSPS) is 26.1. The number of carbonyl (C=O) groups excluding carboxylic acids is 3. The van der Waals surface area contributed by atoms with Crippen LogP contribution in [0.5, 0.6) is 0 Å². The molecule has 1 aromatic rings. The van der Waals surface area contributed by atoms with Crippen LogP contribution in [0, 0.1) is 22.7 Å². The Hall–Kier alpha value is -2.88. The minimum Gasteiger partial charge on any atom is -0.459 e. The third-order valence-corrected chi connectivity index (χ3v) is 5.37. The first kappa shape index (κ1) is 19.9. The van der Waals surface area contributed by atoms with E-state index in [1.165, 1.54) is 0 Å². The van der Waals surface area contributed by atoms with Gasteiger partial charge in [0.2, 0.25) is 0 Å². The summed E-state index contributed by atoms with van der Waals surface area (Å²) in [6.45, 7) is 5.83. The van der Waals surface area contributed by atoms with Crippen molar-refractivity contribution in [3.8, 4) is 6.07 Å². The van der Waals surface area contributed by atoms with E-state index in [-0.39, 0.29) is 17.9 Å². The van der Waals surface area contributed by atoms with Crippen LogP contribution in [0.1, 0.15) is 51.2 Å². The van der Waals surface area contributed by atoms with Crippen molar-refractivity contribution >= 4 is 17.9 Å². The number of amides is 3. The lowest BCUT2D eigenvalue weighted by molar-refractivity contribution is -0.149. The molecule has 3 amide bonds. The summed E-state index contributed by atoms with van der Waals surface area (Å²) in [7, 11) is 0. The van der Waals surface area contributed by atoms with Crippen LogP contribution in [-0.4, -0.2) is 34.9 Å². The van der Waals surface area contributed by atoms with Crippen molar-refractivity contribution in [1.82, 2.24) is 10.2 Å². The van der Waals surface area contributed by atoms with Crippen molar-refractivity contribution in [1.29, 1.82) is 5.26 Å². The summed E-state index contributed by atoms with van der Waals surface area (Å²) in [6, 6.07) is 8.20. The Kier molecular flexibility index (Phi) is 5.16. The summed E-state index contributed by atoms with van der Waals surface area (Å²) in [5.74, 6) is -0.709. The molecular formula is C21H25N3O4. The second-order valence-corrected chi connectivity index (χ2v) is 8.73. The standard InChI is InChI=1S/C21H25N3O4/c1-14-8-20(2,3)13-21(9-14)18(26)24(19(27)23-21)11-17(25)28-12-16-6-4-5-15(7-16)10-22/h4-7,14H,8-9,11-13H2,1-3H3,(H,23,27)/t14-,21+/m0/s1. The summed E-state index contributed by atoms with van der Waals surface area (Å²) in [5.41, 5.74) is 0.144. The number of benzene rings is 1. The average Bonchev–Trinajstić information content (AvgIpc) is 2.81. The number of carbonyl (C=O) groups is 3. The van der Waals surface area contributed by atoms with E-state index in [1.807, 2.05) is 6.07 Å². The Balaban J connectivity index is 1.64. The van der Waals surface area contributed by atoms with Gasteiger partial charge in [0.05, 0.1) is 11.6 Å². The molecule has 1 spiro atoms. The van der Waals surface area contributed by atoms with Gasteiger partial charge in [-0.05, 0) is 48.3 Å². The van der Waals surface area contributed by atoms with E-state index in [4.69, 9.17) is 10.00 Å². The van der Waals surface area contributed by atoms with E-state index >= 15 is 0 Å². The predicted octanol–water partition coefficient (Wildman–Crippen LogP) is 2.74. The van der Waals surface area contributed by atoms with Gasteiger partial charge in [0.15, 0.2) is 0 Å². The summed E-state index contributed by atoms with van der Waals surface area (Å²) in [6.07, 6.45) is 2.12. The first-order valence-electron chi connectivity index (χ1n) is 9.43. The molecule has 2 atom stereocenters. The Morgan fingerprint density at radius 1 is 1.36 bits per heavy atom. The Morgan fingerprint density at radius 3 is 2.79 bits per heavy atom. The monoisotopic (exact) mass is 383 g/mol. The average molecular weight is 383 g/mol. The zero-order valence-corrected chi connectivity index (χ0v) is 16.4. The molecule has 0 aromatic heterocycles. The third-order valence-electron chi connectivity index (χ3n) is 5.37. The lowest BCUT2D eigenvalue weighted by Gasteiger charge is -2.43. The first-order chi connectivity index (χ1) is 13.1. The molecule has 1 heterocycles. The maximum atomic E-state index is 13.0. The molecule has 1 N–H and O–H groups in total. The van der Waals surface area contributed by atoms with E-state index in [9.17, 15) is 14.4 Å². The van der Waals surface area contributed by atoms with Crippen LogP contribution in [0.3, 0.4) is 0 Å². The van der Waals surface area contributed by atoms with E-state index in [1.54, 1.807) is 24.3 Å². The number of hydrogen-bond donors (Lipinski definition) is 1. The number of nitriles is 1. The highest BCUT2D eigenvalue weighted by Gasteiger charge is 2.56. The van der Waals surface area contributed by atoms with Gasteiger partial charge >= 0.3 is 12.0 Å². The van der Waals surface area contributed by atoms with Crippen LogP contribution in [0.25, 0.3) is 0 Å². The number of nitrogens with zero attached hydrogens (tertiary/aromatic N) is 2. The predicted molar refractivity (Wildman–Crippen MR) is 101 cm³/mol. The maximum Gasteiger partial charge on any atom is 0.326 e. The number of esters is 1. The first-order valence-corrected chi connectivity index (χ1v) is 9.43. The molecule has 148 valence electrons. The van der Waals surface area contributed by atoms with Crippen molar-refractivity contribution in [2.45, 2.75) is 52.2 Å². The Labute approximate surface area is 164 Å². The quantitative estimate of drug-likeness (QED) is 0.637. The largest absolute Gasteiger partial charge is 0.459 e. The summed E-state index contributed by atoms with van der Waals surface area (Å²) in [4.78, 5) is 38.6. The molecule has 2 aliphatic rings. The van der Waals surface area contributed by atoms with E-state index in [0.29, 0.717) is 29.9 Å². The van der Waals surface area contributed by atoms with Crippen LogP contribution in [0.15, 0.2) is 24.3 Å². The zero-order valence-electron chi connectivity index (χ0n) is 16.4. The summed E-state index contributed by atoms with van der Waals surface area (Å²) < 4.78 is 5.20. The fraction of sp³-hybridized carbons (Fsp3) is 0.524. The lowest BCUT2D eigenvalue weighted by Crippen LogP contribution is -2.54. The number of nitrogens with one attached hydrogen (secondary N) is 1.